The summed E-state index contributed by atoms with van der Waals surface area (Å²) in [6, 6.07) is 11.0. The van der Waals surface area contributed by atoms with E-state index in [2.05, 4.69) is 4.98 Å². The number of benzene rings is 2. The first kappa shape index (κ1) is 17.6. The van der Waals surface area contributed by atoms with Gasteiger partial charge in [-0.05, 0) is 59.0 Å². The SMILES string of the molecule is O=C1c2c(Cl)cc(-c3ccncc3)cc2CN1CCc1ccc(F)cc1F. The molecule has 0 saturated carbocycles. The normalized spacial score (nSPS) is 13.1. The lowest BCUT2D eigenvalue weighted by molar-refractivity contribution is 0.0780. The number of fused-ring (bicyclic) bond motifs is 1. The summed E-state index contributed by atoms with van der Waals surface area (Å²) in [4.78, 5) is 18.3. The first-order chi connectivity index (χ1) is 13.0. The van der Waals surface area contributed by atoms with Crippen molar-refractivity contribution >= 4 is 17.5 Å². The van der Waals surface area contributed by atoms with Gasteiger partial charge in [0.25, 0.3) is 5.91 Å². The minimum atomic E-state index is -0.615. The van der Waals surface area contributed by atoms with Gasteiger partial charge in [0, 0.05) is 31.5 Å². The zero-order valence-electron chi connectivity index (χ0n) is 14.3. The molecule has 0 spiro atoms. The van der Waals surface area contributed by atoms with E-state index in [1.54, 1.807) is 23.4 Å². The summed E-state index contributed by atoms with van der Waals surface area (Å²) in [5, 5.41) is 0.403. The Morgan fingerprint density at radius 1 is 1.04 bits per heavy atom. The summed E-state index contributed by atoms with van der Waals surface area (Å²) in [7, 11) is 0. The molecule has 3 aromatic rings. The predicted octanol–water partition coefficient (Wildman–Crippen LogP) is 4.88. The number of carbonyl (C=O) groups is 1. The molecule has 0 aliphatic carbocycles. The topological polar surface area (TPSA) is 33.2 Å². The second-order valence-electron chi connectivity index (χ2n) is 6.44. The Labute approximate surface area is 160 Å². The highest BCUT2D eigenvalue weighted by atomic mass is 35.5. The van der Waals surface area contributed by atoms with Gasteiger partial charge in [0.05, 0.1) is 10.6 Å². The molecule has 1 aliphatic rings. The van der Waals surface area contributed by atoms with E-state index in [0.717, 1.165) is 22.8 Å². The van der Waals surface area contributed by atoms with Gasteiger partial charge in [-0.3, -0.25) is 9.78 Å². The van der Waals surface area contributed by atoms with E-state index in [1.165, 1.54) is 12.1 Å². The fourth-order valence-corrected chi connectivity index (χ4v) is 3.65. The molecule has 6 heteroatoms. The van der Waals surface area contributed by atoms with Gasteiger partial charge in [-0.2, -0.15) is 0 Å². The maximum atomic E-state index is 13.8. The molecule has 3 nitrogen and oxygen atoms in total. The van der Waals surface area contributed by atoms with Gasteiger partial charge in [-0.25, -0.2) is 8.78 Å². The van der Waals surface area contributed by atoms with Crippen molar-refractivity contribution in [3.8, 4) is 11.1 Å². The molecule has 1 amide bonds. The van der Waals surface area contributed by atoms with Crippen LogP contribution in [-0.2, 0) is 13.0 Å². The Kier molecular flexibility index (Phi) is 4.62. The number of nitrogens with zero attached hydrogens (tertiary/aromatic N) is 2. The first-order valence-corrected chi connectivity index (χ1v) is 8.87. The van der Waals surface area contributed by atoms with E-state index < -0.39 is 11.6 Å². The minimum Gasteiger partial charge on any atom is -0.334 e. The fraction of sp³-hybridized carbons (Fsp3) is 0.143. The number of hydrogen-bond acceptors (Lipinski definition) is 2. The third-order valence-electron chi connectivity index (χ3n) is 4.71. The van der Waals surface area contributed by atoms with Crippen molar-refractivity contribution in [2.75, 3.05) is 6.54 Å². The molecule has 136 valence electrons. The molecule has 0 N–H and O–H groups in total. The van der Waals surface area contributed by atoms with Gasteiger partial charge in [0.1, 0.15) is 11.6 Å². The molecule has 0 saturated heterocycles. The summed E-state index contributed by atoms with van der Waals surface area (Å²) >= 11 is 6.38. The highest BCUT2D eigenvalue weighted by Gasteiger charge is 2.30. The quantitative estimate of drug-likeness (QED) is 0.642. The van der Waals surface area contributed by atoms with Crippen LogP contribution in [0.4, 0.5) is 8.78 Å². The summed E-state index contributed by atoms with van der Waals surface area (Å²) in [5.41, 5.74) is 3.60. The van der Waals surface area contributed by atoms with Crippen molar-refractivity contribution in [3.63, 3.8) is 0 Å². The van der Waals surface area contributed by atoms with Crippen LogP contribution in [0.25, 0.3) is 11.1 Å². The zero-order valence-corrected chi connectivity index (χ0v) is 15.0. The van der Waals surface area contributed by atoms with Crippen LogP contribution in [-0.4, -0.2) is 22.3 Å². The molecule has 0 unspecified atom stereocenters. The molecule has 0 fully saturated rings. The lowest BCUT2D eigenvalue weighted by Gasteiger charge is -2.15. The maximum Gasteiger partial charge on any atom is 0.256 e. The largest absolute Gasteiger partial charge is 0.334 e. The summed E-state index contributed by atoms with van der Waals surface area (Å²) in [6.45, 7) is 0.743. The summed E-state index contributed by atoms with van der Waals surface area (Å²) in [6.07, 6.45) is 3.71. The first-order valence-electron chi connectivity index (χ1n) is 8.49. The van der Waals surface area contributed by atoms with E-state index >= 15 is 0 Å². The highest BCUT2D eigenvalue weighted by Crippen LogP contribution is 2.34. The number of halogens is 3. The van der Waals surface area contributed by atoms with E-state index in [-0.39, 0.29) is 5.91 Å². The zero-order chi connectivity index (χ0) is 19.0. The van der Waals surface area contributed by atoms with Crippen LogP contribution in [0, 0.1) is 11.6 Å². The van der Waals surface area contributed by atoms with Gasteiger partial charge < -0.3 is 4.90 Å². The molecule has 0 bridgehead atoms. The number of amides is 1. The molecule has 0 radical (unpaired) electrons. The Morgan fingerprint density at radius 2 is 1.81 bits per heavy atom. The van der Waals surface area contributed by atoms with Crippen molar-refractivity contribution in [1.29, 1.82) is 0 Å². The number of carbonyl (C=O) groups excluding carboxylic acids is 1. The van der Waals surface area contributed by atoms with Gasteiger partial charge >= 0.3 is 0 Å². The lowest BCUT2D eigenvalue weighted by atomic mass is 10.0. The average molecular weight is 385 g/mol. The second-order valence-corrected chi connectivity index (χ2v) is 6.85. The predicted molar refractivity (Wildman–Crippen MR) is 99.5 cm³/mol. The van der Waals surface area contributed by atoms with Crippen molar-refractivity contribution in [1.82, 2.24) is 9.88 Å². The summed E-state index contributed by atoms with van der Waals surface area (Å²) < 4.78 is 26.8. The van der Waals surface area contributed by atoms with Crippen LogP contribution in [0.15, 0.2) is 54.9 Å². The van der Waals surface area contributed by atoms with Crippen LogP contribution in [0.5, 0.6) is 0 Å². The van der Waals surface area contributed by atoms with Gasteiger partial charge in [0.2, 0.25) is 0 Å². The van der Waals surface area contributed by atoms with Crippen LogP contribution < -0.4 is 0 Å². The summed E-state index contributed by atoms with van der Waals surface area (Å²) in [5.74, 6) is -1.38. The standard InChI is InChI=1S/C21H15ClF2N2O/c22-18-10-15(13-3-6-25-7-4-13)9-16-12-26(21(27)20(16)18)8-5-14-1-2-17(23)11-19(14)24/h1-4,6-7,9-11H,5,8,12H2. The Balaban J connectivity index is 1.56. The highest BCUT2D eigenvalue weighted by molar-refractivity contribution is 6.34. The molecular weight excluding hydrogens is 370 g/mol. The van der Waals surface area contributed by atoms with E-state index in [4.69, 9.17) is 11.6 Å². The Hall–Kier alpha value is -2.79. The Bertz CT molecular complexity index is 1020. The molecule has 0 atom stereocenters. The van der Waals surface area contributed by atoms with Crippen molar-refractivity contribution in [3.05, 3.63) is 88.2 Å². The number of aromatic nitrogens is 1. The smallest absolute Gasteiger partial charge is 0.256 e. The number of hydrogen-bond donors (Lipinski definition) is 0. The monoisotopic (exact) mass is 384 g/mol. The fourth-order valence-electron chi connectivity index (χ4n) is 3.33. The third kappa shape index (κ3) is 3.43. The molecule has 2 heterocycles. The van der Waals surface area contributed by atoms with Gasteiger partial charge in [-0.15, -0.1) is 0 Å². The van der Waals surface area contributed by atoms with E-state index in [0.29, 0.717) is 35.7 Å². The van der Waals surface area contributed by atoms with Gasteiger partial charge in [-0.1, -0.05) is 17.7 Å². The Morgan fingerprint density at radius 3 is 2.56 bits per heavy atom. The van der Waals surface area contributed by atoms with E-state index in [9.17, 15) is 13.6 Å². The second kappa shape index (κ2) is 7.08. The molecule has 2 aromatic carbocycles. The maximum absolute atomic E-state index is 13.8. The molecule has 27 heavy (non-hydrogen) atoms. The molecule has 4 rings (SSSR count). The van der Waals surface area contributed by atoms with Crippen LogP contribution >= 0.6 is 11.6 Å². The molecular formula is C21H15ClF2N2O. The third-order valence-corrected chi connectivity index (χ3v) is 5.01. The minimum absolute atomic E-state index is 0.168. The van der Waals surface area contributed by atoms with Crippen molar-refractivity contribution in [2.24, 2.45) is 0 Å². The average Bonchev–Trinajstić information content (AvgIpc) is 2.98. The lowest BCUT2D eigenvalue weighted by Crippen LogP contribution is -2.26. The molecule has 1 aromatic heterocycles. The number of rotatable bonds is 4. The van der Waals surface area contributed by atoms with Crippen molar-refractivity contribution < 1.29 is 13.6 Å². The molecule has 1 aliphatic heterocycles. The van der Waals surface area contributed by atoms with Crippen molar-refractivity contribution in [2.45, 2.75) is 13.0 Å². The van der Waals surface area contributed by atoms with Crippen LogP contribution in [0.2, 0.25) is 5.02 Å². The van der Waals surface area contributed by atoms with Crippen LogP contribution in [0.3, 0.4) is 0 Å². The number of pyridine rings is 1. The van der Waals surface area contributed by atoms with Crippen LogP contribution in [0.1, 0.15) is 21.5 Å². The van der Waals surface area contributed by atoms with Gasteiger partial charge in [0.15, 0.2) is 0 Å². The van der Waals surface area contributed by atoms with E-state index in [1.807, 2.05) is 18.2 Å².